The van der Waals surface area contributed by atoms with Crippen LogP contribution in [0.3, 0.4) is 0 Å². The van der Waals surface area contributed by atoms with Crippen molar-refractivity contribution in [3.8, 4) is 0 Å². The highest BCUT2D eigenvalue weighted by Crippen LogP contribution is 2.33. The molecule has 12 heteroatoms. The summed E-state index contributed by atoms with van der Waals surface area (Å²) in [5, 5.41) is 27.4. The molecule has 1 rings (SSSR count). The van der Waals surface area contributed by atoms with Crippen LogP contribution in [0, 0.1) is 5.92 Å². The third-order valence-electron chi connectivity index (χ3n) is 4.67. The zero-order valence-electron chi connectivity index (χ0n) is 15.6. The van der Waals surface area contributed by atoms with Crippen molar-refractivity contribution in [2.45, 2.75) is 57.6 Å². The maximum atomic E-state index is 13.0. The molecule has 0 spiro atoms. The molecule has 1 heterocycles. The Labute approximate surface area is 155 Å². The predicted octanol–water partition coefficient (Wildman–Crippen LogP) is -1.74. The van der Waals surface area contributed by atoms with Gasteiger partial charge < -0.3 is 26.6 Å². The van der Waals surface area contributed by atoms with Crippen LogP contribution in [-0.4, -0.2) is 82.5 Å². The Morgan fingerprint density at radius 3 is 2.38 bits per heavy atom. The smallest absolute Gasteiger partial charge is 0.451 e. The number of nitrogens with zero attached hydrogens (tertiary/aromatic N) is 2. The van der Waals surface area contributed by atoms with Gasteiger partial charge in [-0.25, -0.2) is 0 Å². The first kappa shape index (κ1) is 23.3. The number of hydrogen-bond acceptors (Lipinski definition) is 7. The summed E-state index contributed by atoms with van der Waals surface area (Å²) < 4.78 is 28.4. The van der Waals surface area contributed by atoms with E-state index in [0.717, 1.165) is 4.31 Å². The van der Waals surface area contributed by atoms with Gasteiger partial charge in [-0.15, -0.1) is 0 Å². The van der Waals surface area contributed by atoms with E-state index in [1.54, 1.807) is 20.8 Å². The van der Waals surface area contributed by atoms with Crippen molar-refractivity contribution >= 4 is 23.3 Å². The first-order chi connectivity index (χ1) is 11.8. The van der Waals surface area contributed by atoms with Crippen LogP contribution >= 0.6 is 0 Å². The van der Waals surface area contributed by atoms with Gasteiger partial charge in [-0.3, -0.25) is 4.79 Å². The minimum Gasteiger partial charge on any atom is -0.480 e. The number of rotatable bonds is 10. The zero-order valence-corrected chi connectivity index (χ0v) is 16.4. The summed E-state index contributed by atoms with van der Waals surface area (Å²) in [4.78, 5) is 11.7. The molecule has 1 saturated heterocycles. The van der Waals surface area contributed by atoms with Gasteiger partial charge in [0.2, 0.25) is 0 Å². The van der Waals surface area contributed by atoms with Crippen LogP contribution < -0.4 is 11.5 Å². The summed E-state index contributed by atoms with van der Waals surface area (Å²) in [5.74, 6) is -1.90. The van der Waals surface area contributed by atoms with Gasteiger partial charge in [0.25, 0.3) is 10.2 Å². The Morgan fingerprint density at radius 2 is 1.96 bits per heavy atom. The molecule has 0 bridgehead atoms. The molecule has 0 aliphatic carbocycles. The molecule has 0 aromatic heterocycles. The normalized spacial score (nSPS) is 25.8. The molecule has 1 aliphatic heterocycles. The van der Waals surface area contributed by atoms with Crippen molar-refractivity contribution in [1.29, 1.82) is 0 Å². The van der Waals surface area contributed by atoms with Crippen LogP contribution in [0.2, 0.25) is 6.32 Å². The van der Waals surface area contributed by atoms with Crippen molar-refractivity contribution in [2.24, 2.45) is 17.4 Å². The average molecular weight is 394 g/mol. The van der Waals surface area contributed by atoms with Crippen LogP contribution in [-0.2, 0) is 15.0 Å². The van der Waals surface area contributed by atoms with Gasteiger partial charge in [-0.2, -0.15) is 17.0 Å². The van der Waals surface area contributed by atoms with Gasteiger partial charge in [0.15, 0.2) is 0 Å². The molecule has 7 N–H and O–H groups in total. The number of carboxylic acid groups (broad SMARTS) is 1. The third kappa shape index (κ3) is 5.38. The van der Waals surface area contributed by atoms with Crippen molar-refractivity contribution in [1.82, 2.24) is 8.61 Å². The van der Waals surface area contributed by atoms with E-state index in [-0.39, 0.29) is 44.5 Å². The summed E-state index contributed by atoms with van der Waals surface area (Å²) in [5.41, 5.74) is 10.1. The minimum atomic E-state index is -3.93. The van der Waals surface area contributed by atoms with E-state index in [0.29, 0.717) is 6.42 Å². The van der Waals surface area contributed by atoms with Gasteiger partial charge in [0, 0.05) is 37.6 Å². The molecule has 1 fully saturated rings. The van der Waals surface area contributed by atoms with Crippen LogP contribution in [0.25, 0.3) is 0 Å². The van der Waals surface area contributed by atoms with Crippen LogP contribution in [0.15, 0.2) is 0 Å². The highest BCUT2D eigenvalue weighted by molar-refractivity contribution is 7.86. The summed E-state index contributed by atoms with van der Waals surface area (Å²) in [6, 6.07) is -0.717. The average Bonchev–Trinajstić information content (AvgIpc) is 2.83. The van der Waals surface area contributed by atoms with Gasteiger partial charge >= 0.3 is 13.1 Å². The highest BCUT2D eigenvalue weighted by atomic mass is 32.2. The lowest BCUT2D eigenvalue weighted by atomic mass is 9.78. The summed E-state index contributed by atoms with van der Waals surface area (Å²) in [6.45, 7) is 4.89. The van der Waals surface area contributed by atoms with E-state index in [4.69, 9.17) is 21.5 Å². The van der Waals surface area contributed by atoms with Crippen molar-refractivity contribution in [3.63, 3.8) is 0 Å². The Hall–Kier alpha value is -0.755. The molecule has 0 saturated carbocycles. The van der Waals surface area contributed by atoms with Crippen molar-refractivity contribution in [3.05, 3.63) is 0 Å². The second-order valence-electron chi connectivity index (χ2n) is 7.39. The Kier molecular flexibility index (Phi) is 8.02. The topological polar surface area (TPSA) is 170 Å². The largest absolute Gasteiger partial charge is 0.480 e. The maximum Gasteiger partial charge on any atom is 0.451 e. The van der Waals surface area contributed by atoms with Gasteiger partial charge in [0.1, 0.15) is 5.54 Å². The molecule has 0 radical (unpaired) electrons. The van der Waals surface area contributed by atoms with E-state index >= 15 is 0 Å². The quantitative estimate of drug-likeness (QED) is 0.272. The fraction of sp³-hybridized carbons (Fsp3) is 0.929. The van der Waals surface area contributed by atoms with Crippen molar-refractivity contribution < 1.29 is 28.4 Å². The number of aliphatic carboxylic acids is 1. The molecule has 152 valence electrons. The molecule has 3 atom stereocenters. The zero-order chi connectivity index (χ0) is 20.3. The van der Waals surface area contributed by atoms with E-state index in [9.17, 15) is 18.3 Å². The molecule has 26 heavy (non-hydrogen) atoms. The lowest BCUT2D eigenvalue weighted by molar-refractivity contribution is -0.144. The number of nitrogens with two attached hydrogens (primary N) is 2. The lowest BCUT2D eigenvalue weighted by Gasteiger charge is -2.31. The van der Waals surface area contributed by atoms with Gasteiger partial charge in [-0.1, -0.05) is 6.42 Å². The summed E-state index contributed by atoms with van der Waals surface area (Å²) >= 11 is 0. The molecule has 0 aromatic carbocycles. The summed E-state index contributed by atoms with van der Waals surface area (Å²) in [7, 11) is -5.42. The van der Waals surface area contributed by atoms with E-state index in [1.165, 1.54) is 4.31 Å². The number of hydrogen-bond donors (Lipinski definition) is 5. The van der Waals surface area contributed by atoms with Gasteiger partial charge in [-0.05, 0) is 33.5 Å². The Morgan fingerprint density at radius 1 is 1.38 bits per heavy atom. The Balaban J connectivity index is 3.04. The molecule has 1 aliphatic rings. The SMILES string of the molecule is CC(N)CN(C(C)C)S(=O)(=O)N1C[C@H](CCCB(O)O)[C@](N)(C(=O)O)C1. The van der Waals surface area contributed by atoms with Crippen LogP contribution in [0.1, 0.15) is 33.6 Å². The van der Waals surface area contributed by atoms with E-state index < -0.39 is 34.8 Å². The molecule has 10 nitrogen and oxygen atoms in total. The highest BCUT2D eigenvalue weighted by Gasteiger charge is 2.53. The van der Waals surface area contributed by atoms with E-state index in [2.05, 4.69) is 0 Å². The fourth-order valence-electron chi connectivity index (χ4n) is 3.21. The second kappa shape index (κ2) is 8.96. The molecular formula is C14H31BN4O6S. The first-order valence-electron chi connectivity index (χ1n) is 8.73. The van der Waals surface area contributed by atoms with Gasteiger partial charge in [0.05, 0.1) is 0 Å². The molecular weight excluding hydrogens is 363 g/mol. The molecule has 0 amide bonds. The van der Waals surface area contributed by atoms with Crippen LogP contribution in [0.5, 0.6) is 0 Å². The number of carbonyl (C=O) groups is 1. The fourth-order valence-corrected chi connectivity index (χ4v) is 5.21. The minimum absolute atomic E-state index is 0.0329. The maximum absolute atomic E-state index is 13.0. The molecule has 0 aromatic rings. The van der Waals surface area contributed by atoms with E-state index in [1.807, 2.05) is 0 Å². The second-order valence-corrected chi connectivity index (χ2v) is 9.28. The lowest BCUT2D eigenvalue weighted by Crippen LogP contribution is -2.56. The summed E-state index contributed by atoms with van der Waals surface area (Å²) in [6.07, 6.45) is 0.680. The monoisotopic (exact) mass is 394 g/mol. The predicted molar refractivity (Wildman–Crippen MR) is 98.3 cm³/mol. The standard InChI is InChI=1S/C14H31BN4O6S/c1-10(2)19(7-11(3)16)26(24,25)18-8-12(5-4-6-15(22)23)14(17,9-18)13(20)21/h10-12,22-23H,4-9,16-17H2,1-3H3,(H,20,21)/t11?,12-,14-/m0/s1. The Bertz CT molecular complexity index is 588. The first-order valence-corrected chi connectivity index (χ1v) is 10.1. The third-order valence-corrected chi connectivity index (χ3v) is 6.76. The van der Waals surface area contributed by atoms with Crippen molar-refractivity contribution in [2.75, 3.05) is 19.6 Å². The van der Waals surface area contributed by atoms with Crippen LogP contribution in [0.4, 0.5) is 0 Å². The number of carboxylic acids is 1. The molecule has 1 unspecified atom stereocenters.